The molecule has 0 radical (unpaired) electrons. The highest BCUT2D eigenvalue weighted by molar-refractivity contribution is 5.54. The highest BCUT2D eigenvalue weighted by Gasteiger charge is 2.27. The summed E-state index contributed by atoms with van der Waals surface area (Å²) in [5.74, 6) is 0. The Kier molecular flexibility index (Phi) is 3.36. The summed E-state index contributed by atoms with van der Waals surface area (Å²) in [4.78, 5) is 2.50. The van der Waals surface area contributed by atoms with Crippen molar-refractivity contribution < 1.29 is 4.57 Å². The number of hydrogen-bond acceptors (Lipinski definition) is 2. The third-order valence-corrected chi connectivity index (χ3v) is 3.80. The molecular weight excluding hydrogens is 234 g/mol. The van der Waals surface area contributed by atoms with Crippen LogP contribution >= 0.6 is 0 Å². The first-order chi connectivity index (χ1) is 9.33. The van der Waals surface area contributed by atoms with E-state index in [-0.39, 0.29) is 0 Å². The molecule has 2 aromatic rings. The van der Waals surface area contributed by atoms with Gasteiger partial charge in [-0.2, -0.15) is 0 Å². The number of aromatic nitrogens is 1. The van der Waals surface area contributed by atoms with E-state index in [4.69, 9.17) is 5.73 Å². The van der Waals surface area contributed by atoms with Gasteiger partial charge >= 0.3 is 0 Å². The number of hydrogen-bond donors (Lipinski definition) is 1. The fourth-order valence-electron chi connectivity index (χ4n) is 2.83. The number of rotatable bonds is 3. The van der Waals surface area contributed by atoms with Crippen LogP contribution in [0.5, 0.6) is 0 Å². The van der Waals surface area contributed by atoms with Gasteiger partial charge in [0.1, 0.15) is 0 Å². The first-order valence-electron chi connectivity index (χ1n) is 6.89. The van der Waals surface area contributed by atoms with Crippen LogP contribution in [0.15, 0.2) is 54.9 Å². The average molecular weight is 254 g/mol. The number of anilines is 2. The van der Waals surface area contributed by atoms with Gasteiger partial charge in [-0.3, -0.25) is 0 Å². The second-order valence-electron chi connectivity index (χ2n) is 5.15. The molecular formula is C16H20N3+. The molecule has 1 aromatic heterocycles. The van der Waals surface area contributed by atoms with E-state index in [0.717, 1.165) is 18.8 Å². The van der Waals surface area contributed by atoms with E-state index in [2.05, 4.69) is 52.2 Å². The number of nitrogen functional groups attached to an aromatic ring is 1. The van der Waals surface area contributed by atoms with Crippen LogP contribution in [0.3, 0.4) is 0 Å². The molecule has 1 aromatic carbocycles. The van der Waals surface area contributed by atoms with Crippen molar-refractivity contribution in [1.29, 1.82) is 0 Å². The Morgan fingerprint density at radius 3 is 2.58 bits per heavy atom. The fourth-order valence-corrected chi connectivity index (χ4v) is 2.83. The lowest BCUT2D eigenvalue weighted by Gasteiger charge is -2.24. The predicted octanol–water partition coefficient (Wildman–Crippen LogP) is 2.23. The van der Waals surface area contributed by atoms with Gasteiger partial charge in [-0.1, -0.05) is 6.07 Å². The molecule has 0 saturated carbocycles. The molecule has 1 aliphatic rings. The first-order valence-corrected chi connectivity index (χ1v) is 6.89. The zero-order valence-electron chi connectivity index (χ0n) is 11.1. The van der Waals surface area contributed by atoms with Crippen LogP contribution in [0.4, 0.5) is 11.4 Å². The molecule has 2 heterocycles. The maximum absolute atomic E-state index is 5.76. The van der Waals surface area contributed by atoms with Gasteiger partial charge in [0.05, 0.1) is 6.04 Å². The second kappa shape index (κ2) is 5.31. The van der Waals surface area contributed by atoms with Gasteiger partial charge in [0.15, 0.2) is 18.9 Å². The predicted molar refractivity (Wildman–Crippen MR) is 77.9 cm³/mol. The quantitative estimate of drug-likeness (QED) is 0.673. The van der Waals surface area contributed by atoms with Gasteiger partial charge in [0.25, 0.3) is 0 Å². The molecule has 1 atom stereocenters. The fraction of sp³-hybridized carbons (Fsp3) is 0.312. The standard InChI is InChI=1S/C16H20N3/c17-14-6-8-15(9-7-14)19-12-4-5-16(19)13-18-10-2-1-3-11-18/h1-3,6-11,16H,4-5,12-13,17H2/q+1. The van der Waals surface area contributed by atoms with Crippen LogP contribution in [-0.2, 0) is 6.54 Å². The second-order valence-corrected chi connectivity index (χ2v) is 5.15. The van der Waals surface area contributed by atoms with Crippen LogP contribution in [0.1, 0.15) is 12.8 Å². The number of nitrogens with zero attached hydrogens (tertiary/aromatic N) is 2. The molecule has 0 spiro atoms. The lowest BCUT2D eigenvalue weighted by atomic mass is 10.2. The largest absolute Gasteiger partial charge is 0.399 e. The Morgan fingerprint density at radius 2 is 1.84 bits per heavy atom. The Labute approximate surface area is 114 Å². The van der Waals surface area contributed by atoms with E-state index in [1.165, 1.54) is 18.5 Å². The summed E-state index contributed by atoms with van der Waals surface area (Å²) in [6.45, 7) is 2.19. The number of benzene rings is 1. The SMILES string of the molecule is Nc1ccc(N2CCCC2C[n+]2ccccc2)cc1. The van der Waals surface area contributed by atoms with Crippen LogP contribution in [-0.4, -0.2) is 12.6 Å². The molecule has 1 aliphatic heterocycles. The maximum atomic E-state index is 5.76. The van der Waals surface area contributed by atoms with Crippen molar-refractivity contribution in [3.05, 3.63) is 54.9 Å². The van der Waals surface area contributed by atoms with Crippen molar-refractivity contribution in [1.82, 2.24) is 0 Å². The minimum Gasteiger partial charge on any atom is -0.399 e. The van der Waals surface area contributed by atoms with Gasteiger partial charge in [0.2, 0.25) is 0 Å². The van der Waals surface area contributed by atoms with E-state index < -0.39 is 0 Å². The highest BCUT2D eigenvalue weighted by Crippen LogP contribution is 2.26. The first kappa shape index (κ1) is 12.0. The van der Waals surface area contributed by atoms with E-state index in [0.29, 0.717) is 6.04 Å². The van der Waals surface area contributed by atoms with Crippen LogP contribution in [0, 0.1) is 0 Å². The zero-order valence-corrected chi connectivity index (χ0v) is 11.1. The minimum absolute atomic E-state index is 0.580. The van der Waals surface area contributed by atoms with Crippen molar-refractivity contribution in [2.45, 2.75) is 25.4 Å². The lowest BCUT2D eigenvalue weighted by molar-refractivity contribution is -0.698. The molecule has 98 valence electrons. The minimum atomic E-state index is 0.580. The van der Waals surface area contributed by atoms with Crippen molar-refractivity contribution in [2.75, 3.05) is 17.2 Å². The smallest absolute Gasteiger partial charge is 0.168 e. The topological polar surface area (TPSA) is 33.1 Å². The van der Waals surface area contributed by atoms with Crippen molar-refractivity contribution in [3.63, 3.8) is 0 Å². The summed E-state index contributed by atoms with van der Waals surface area (Å²) in [5, 5.41) is 0. The van der Waals surface area contributed by atoms with Gasteiger partial charge in [0, 0.05) is 30.1 Å². The zero-order chi connectivity index (χ0) is 13.1. The van der Waals surface area contributed by atoms with E-state index in [1.807, 2.05) is 12.1 Å². The molecule has 2 N–H and O–H groups in total. The van der Waals surface area contributed by atoms with Crippen molar-refractivity contribution in [3.8, 4) is 0 Å². The lowest BCUT2D eigenvalue weighted by Crippen LogP contribution is -2.44. The Bertz CT molecular complexity index is 521. The monoisotopic (exact) mass is 254 g/mol. The molecule has 1 unspecified atom stereocenters. The van der Waals surface area contributed by atoms with Gasteiger partial charge in [-0.05, 0) is 37.1 Å². The van der Waals surface area contributed by atoms with Gasteiger partial charge in [-0.15, -0.1) is 0 Å². The van der Waals surface area contributed by atoms with E-state index >= 15 is 0 Å². The molecule has 1 fully saturated rings. The summed E-state index contributed by atoms with van der Waals surface area (Å²) in [6, 6.07) is 15.0. The van der Waals surface area contributed by atoms with Gasteiger partial charge < -0.3 is 10.6 Å². The van der Waals surface area contributed by atoms with Crippen LogP contribution in [0.25, 0.3) is 0 Å². The van der Waals surface area contributed by atoms with Crippen LogP contribution in [0.2, 0.25) is 0 Å². The Hall–Kier alpha value is -2.03. The summed E-state index contributed by atoms with van der Waals surface area (Å²) in [6.07, 6.45) is 6.80. The van der Waals surface area contributed by atoms with Crippen LogP contribution < -0.4 is 15.2 Å². The van der Waals surface area contributed by atoms with E-state index in [9.17, 15) is 0 Å². The molecule has 3 heteroatoms. The number of nitrogens with two attached hydrogens (primary N) is 1. The molecule has 0 amide bonds. The third kappa shape index (κ3) is 2.70. The Balaban J connectivity index is 1.76. The summed E-state index contributed by atoms with van der Waals surface area (Å²) in [5.41, 5.74) is 7.88. The molecule has 3 rings (SSSR count). The van der Waals surface area contributed by atoms with Crippen molar-refractivity contribution >= 4 is 11.4 Å². The maximum Gasteiger partial charge on any atom is 0.168 e. The normalized spacial score (nSPS) is 18.7. The summed E-state index contributed by atoms with van der Waals surface area (Å²) < 4.78 is 2.26. The summed E-state index contributed by atoms with van der Waals surface area (Å²) in [7, 11) is 0. The number of pyridine rings is 1. The molecule has 19 heavy (non-hydrogen) atoms. The van der Waals surface area contributed by atoms with Gasteiger partial charge in [-0.25, -0.2) is 4.57 Å². The summed E-state index contributed by atoms with van der Waals surface area (Å²) >= 11 is 0. The van der Waals surface area contributed by atoms with E-state index in [1.54, 1.807) is 0 Å². The molecule has 3 nitrogen and oxygen atoms in total. The Morgan fingerprint density at radius 1 is 1.11 bits per heavy atom. The highest BCUT2D eigenvalue weighted by atomic mass is 15.2. The third-order valence-electron chi connectivity index (χ3n) is 3.80. The average Bonchev–Trinajstić information content (AvgIpc) is 2.89. The molecule has 1 saturated heterocycles. The van der Waals surface area contributed by atoms with Crippen molar-refractivity contribution in [2.24, 2.45) is 0 Å². The molecule has 0 aliphatic carbocycles. The molecule has 0 bridgehead atoms.